The van der Waals surface area contributed by atoms with Gasteiger partial charge in [0.1, 0.15) is 6.29 Å². The molecular weight excluding hydrogens is 176 g/mol. The highest BCUT2D eigenvalue weighted by Crippen LogP contribution is 2.12. The Kier molecular flexibility index (Phi) is 2.58. The molecule has 0 radical (unpaired) electrons. The van der Waals surface area contributed by atoms with Crippen LogP contribution in [0.3, 0.4) is 0 Å². The van der Waals surface area contributed by atoms with Gasteiger partial charge < -0.3 is 4.79 Å². The van der Waals surface area contributed by atoms with Crippen molar-refractivity contribution < 1.29 is 4.79 Å². The van der Waals surface area contributed by atoms with E-state index in [9.17, 15) is 4.79 Å². The lowest BCUT2D eigenvalue weighted by molar-refractivity contribution is -0.107. The second-order valence-electron chi connectivity index (χ2n) is 3.24. The number of fused-ring (bicyclic) bond motifs is 1. The third kappa shape index (κ3) is 1.66. The average Bonchev–Trinajstić information content (AvgIpc) is 2.63. The molecule has 1 aromatic heterocycles. The lowest BCUT2D eigenvalue weighted by Gasteiger charge is -2.00. The number of aryl methyl sites for hydroxylation is 1. The van der Waals surface area contributed by atoms with Gasteiger partial charge in [0.2, 0.25) is 0 Å². The molecule has 14 heavy (non-hydrogen) atoms. The molecule has 1 heterocycles. The van der Waals surface area contributed by atoms with Gasteiger partial charge in [0.15, 0.2) is 0 Å². The maximum Gasteiger partial charge on any atom is 0.120 e. The van der Waals surface area contributed by atoms with Crippen LogP contribution in [0, 0.1) is 0 Å². The van der Waals surface area contributed by atoms with Crippen molar-refractivity contribution in [3.8, 4) is 0 Å². The average molecular weight is 188 g/mol. The van der Waals surface area contributed by atoms with E-state index in [4.69, 9.17) is 0 Å². The lowest BCUT2D eigenvalue weighted by atomic mass is 10.2. The second-order valence-corrected chi connectivity index (χ2v) is 3.24. The summed E-state index contributed by atoms with van der Waals surface area (Å²) in [6.07, 6.45) is 4.27. The molecule has 0 aliphatic rings. The summed E-state index contributed by atoms with van der Waals surface area (Å²) in [7, 11) is 0. The van der Waals surface area contributed by atoms with Gasteiger partial charge in [-0.2, -0.15) is 5.10 Å². The van der Waals surface area contributed by atoms with Gasteiger partial charge in [-0.1, -0.05) is 18.2 Å². The Morgan fingerprint density at radius 3 is 3.07 bits per heavy atom. The standard InChI is InChI=1S/C11H12N2O/c14-8-4-3-7-13-11-6-2-1-5-10(11)9-12-13/h1-2,5-6,8-9H,3-4,7H2. The van der Waals surface area contributed by atoms with Crippen molar-refractivity contribution in [1.29, 1.82) is 0 Å². The third-order valence-electron chi connectivity index (χ3n) is 2.24. The van der Waals surface area contributed by atoms with E-state index in [1.807, 2.05) is 35.1 Å². The molecule has 0 fully saturated rings. The largest absolute Gasteiger partial charge is 0.303 e. The number of carbonyl (C=O) groups excluding carboxylic acids is 1. The van der Waals surface area contributed by atoms with Crippen molar-refractivity contribution in [3.05, 3.63) is 30.5 Å². The summed E-state index contributed by atoms with van der Waals surface area (Å²) < 4.78 is 1.94. The Labute approximate surface area is 82.3 Å². The van der Waals surface area contributed by atoms with E-state index in [0.717, 1.165) is 30.2 Å². The molecule has 1 aromatic carbocycles. The quantitative estimate of drug-likeness (QED) is 0.543. The fourth-order valence-corrected chi connectivity index (χ4v) is 1.53. The summed E-state index contributed by atoms with van der Waals surface area (Å²) in [4.78, 5) is 10.2. The zero-order valence-corrected chi connectivity index (χ0v) is 7.89. The number of unbranched alkanes of at least 4 members (excludes halogenated alkanes) is 1. The summed E-state index contributed by atoms with van der Waals surface area (Å²) >= 11 is 0. The van der Waals surface area contributed by atoms with Crippen LogP contribution in [0.2, 0.25) is 0 Å². The van der Waals surface area contributed by atoms with E-state index in [0.29, 0.717) is 6.42 Å². The number of carbonyl (C=O) groups is 1. The van der Waals surface area contributed by atoms with E-state index in [2.05, 4.69) is 5.10 Å². The summed E-state index contributed by atoms with van der Waals surface area (Å²) in [6.45, 7) is 0.812. The first-order valence-corrected chi connectivity index (χ1v) is 4.76. The number of nitrogens with zero attached hydrogens (tertiary/aromatic N) is 2. The number of aldehydes is 1. The molecule has 2 rings (SSSR count). The van der Waals surface area contributed by atoms with Crippen molar-refractivity contribution in [2.45, 2.75) is 19.4 Å². The Balaban J connectivity index is 2.20. The first-order valence-electron chi connectivity index (χ1n) is 4.76. The Bertz CT molecular complexity index is 434. The van der Waals surface area contributed by atoms with Crippen LogP contribution in [-0.4, -0.2) is 16.1 Å². The van der Waals surface area contributed by atoms with Crippen LogP contribution in [0.4, 0.5) is 0 Å². The van der Waals surface area contributed by atoms with E-state index in [-0.39, 0.29) is 0 Å². The Morgan fingerprint density at radius 1 is 1.36 bits per heavy atom. The van der Waals surface area contributed by atoms with Gasteiger partial charge in [0.05, 0.1) is 11.7 Å². The molecule has 0 aliphatic heterocycles. The molecule has 3 heteroatoms. The van der Waals surface area contributed by atoms with Crippen molar-refractivity contribution >= 4 is 17.2 Å². The van der Waals surface area contributed by atoms with Crippen LogP contribution >= 0.6 is 0 Å². The monoisotopic (exact) mass is 188 g/mol. The van der Waals surface area contributed by atoms with Crippen molar-refractivity contribution in [2.75, 3.05) is 0 Å². The summed E-state index contributed by atoms with van der Waals surface area (Å²) in [6, 6.07) is 8.09. The molecule has 0 saturated heterocycles. The highest BCUT2D eigenvalue weighted by atomic mass is 16.1. The lowest BCUT2D eigenvalue weighted by Crippen LogP contribution is -1.99. The van der Waals surface area contributed by atoms with Crippen LogP contribution in [0.25, 0.3) is 10.9 Å². The SMILES string of the molecule is O=CCCCn1ncc2ccccc21. The van der Waals surface area contributed by atoms with Gasteiger partial charge in [0.25, 0.3) is 0 Å². The molecule has 0 atom stereocenters. The summed E-state index contributed by atoms with van der Waals surface area (Å²) in [5.74, 6) is 0. The Morgan fingerprint density at radius 2 is 2.21 bits per heavy atom. The molecule has 3 nitrogen and oxygen atoms in total. The highest BCUT2D eigenvalue weighted by molar-refractivity contribution is 5.78. The van der Waals surface area contributed by atoms with E-state index in [1.54, 1.807) is 0 Å². The highest BCUT2D eigenvalue weighted by Gasteiger charge is 1.99. The maximum atomic E-state index is 10.2. The number of aromatic nitrogens is 2. The number of hydrogen-bond donors (Lipinski definition) is 0. The van der Waals surface area contributed by atoms with Crippen molar-refractivity contribution in [2.24, 2.45) is 0 Å². The number of hydrogen-bond acceptors (Lipinski definition) is 2. The smallest absolute Gasteiger partial charge is 0.120 e. The van der Waals surface area contributed by atoms with E-state index in [1.165, 1.54) is 0 Å². The second kappa shape index (κ2) is 4.05. The molecular formula is C11H12N2O. The zero-order chi connectivity index (χ0) is 9.80. The van der Waals surface area contributed by atoms with Crippen LogP contribution in [-0.2, 0) is 11.3 Å². The molecule has 2 aromatic rings. The fraction of sp³-hybridized carbons (Fsp3) is 0.273. The maximum absolute atomic E-state index is 10.2. The van der Waals surface area contributed by atoms with Crippen LogP contribution < -0.4 is 0 Å². The predicted molar refractivity (Wildman–Crippen MR) is 55.0 cm³/mol. The molecule has 0 amide bonds. The topological polar surface area (TPSA) is 34.9 Å². The summed E-state index contributed by atoms with van der Waals surface area (Å²) in [5, 5.41) is 5.42. The van der Waals surface area contributed by atoms with Gasteiger partial charge in [-0.05, 0) is 12.5 Å². The minimum atomic E-state index is 0.605. The van der Waals surface area contributed by atoms with E-state index < -0.39 is 0 Å². The molecule has 0 spiro atoms. The summed E-state index contributed by atoms with van der Waals surface area (Å²) in [5.41, 5.74) is 1.14. The van der Waals surface area contributed by atoms with E-state index >= 15 is 0 Å². The molecule has 0 aliphatic carbocycles. The minimum absolute atomic E-state index is 0.605. The number of para-hydroxylation sites is 1. The van der Waals surface area contributed by atoms with Crippen LogP contribution in [0.15, 0.2) is 30.5 Å². The van der Waals surface area contributed by atoms with Gasteiger partial charge in [-0.15, -0.1) is 0 Å². The number of rotatable bonds is 4. The molecule has 0 saturated carbocycles. The zero-order valence-electron chi connectivity index (χ0n) is 7.89. The van der Waals surface area contributed by atoms with Gasteiger partial charge >= 0.3 is 0 Å². The van der Waals surface area contributed by atoms with Gasteiger partial charge in [-0.25, -0.2) is 0 Å². The van der Waals surface area contributed by atoms with Crippen molar-refractivity contribution in [1.82, 2.24) is 9.78 Å². The minimum Gasteiger partial charge on any atom is -0.303 e. The van der Waals surface area contributed by atoms with Gasteiger partial charge in [0, 0.05) is 18.4 Å². The molecule has 0 bridgehead atoms. The van der Waals surface area contributed by atoms with Gasteiger partial charge in [-0.3, -0.25) is 4.68 Å². The van der Waals surface area contributed by atoms with Crippen LogP contribution in [0.5, 0.6) is 0 Å². The molecule has 0 N–H and O–H groups in total. The molecule has 0 unspecified atom stereocenters. The fourth-order valence-electron chi connectivity index (χ4n) is 1.53. The molecule has 72 valence electrons. The van der Waals surface area contributed by atoms with Crippen molar-refractivity contribution in [3.63, 3.8) is 0 Å². The first-order chi connectivity index (χ1) is 6.92. The predicted octanol–water partition coefficient (Wildman–Crippen LogP) is 2.02. The Hall–Kier alpha value is -1.64. The first kappa shape index (κ1) is 8.94. The normalized spacial score (nSPS) is 10.6. The third-order valence-corrected chi connectivity index (χ3v) is 2.24. The number of benzene rings is 1. The van der Waals surface area contributed by atoms with Crippen LogP contribution in [0.1, 0.15) is 12.8 Å².